The SMILES string of the molecule is CB(O)NCCCn1ccnc1N=Nc1ccc(F)cc1. The molecule has 21 heavy (non-hydrogen) atoms. The second-order valence-electron chi connectivity index (χ2n) is 4.58. The summed E-state index contributed by atoms with van der Waals surface area (Å²) in [5.41, 5.74) is 0.571. The number of nitrogens with one attached hydrogen (secondary N) is 1. The van der Waals surface area contributed by atoms with Gasteiger partial charge < -0.3 is 14.8 Å². The standard InChI is InChI=1S/C13H17BFN5O/c1-14(21)17-7-2-9-20-10-8-16-13(20)19-18-12-5-3-11(15)4-6-12/h3-6,8,10,17,21H,2,7,9H2,1H3. The molecule has 0 bridgehead atoms. The van der Waals surface area contributed by atoms with Crippen molar-refractivity contribution in [1.29, 1.82) is 0 Å². The fourth-order valence-corrected chi connectivity index (χ4v) is 1.75. The highest BCUT2D eigenvalue weighted by atomic mass is 19.1. The molecule has 1 aromatic heterocycles. The van der Waals surface area contributed by atoms with Crippen molar-refractivity contribution in [2.45, 2.75) is 19.8 Å². The molecule has 0 amide bonds. The first kappa shape index (κ1) is 15.3. The van der Waals surface area contributed by atoms with Gasteiger partial charge in [-0.25, -0.2) is 9.37 Å². The van der Waals surface area contributed by atoms with E-state index in [1.807, 2.05) is 10.8 Å². The van der Waals surface area contributed by atoms with Crippen molar-refractivity contribution in [2.24, 2.45) is 10.2 Å². The molecule has 2 N–H and O–H groups in total. The number of aromatic nitrogens is 2. The van der Waals surface area contributed by atoms with Gasteiger partial charge in [-0.1, -0.05) is 0 Å². The summed E-state index contributed by atoms with van der Waals surface area (Å²) in [4.78, 5) is 4.12. The summed E-state index contributed by atoms with van der Waals surface area (Å²) in [7, 11) is -0.509. The molecule has 0 radical (unpaired) electrons. The first-order chi connectivity index (χ1) is 10.1. The number of imidazole rings is 1. The molecule has 1 heterocycles. The summed E-state index contributed by atoms with van der Waals surface area (Å²) < 4.78 is 14.7. The number of rotatable bonds is 7. The molecule has 0 spiro atoms. The molecular weight excluding hydrogens is 272 g/mol. The maximum Gasteiger partial charge on any atom is 0.373 e. The van der Waals surface area contributed by atoms with E-state index in [-0.39, 0.29) is 5.82 Å². The van der Waals surface area contributed by atoms with E-state index in [0.29, 0.717) is 18.2 Å². The van der Waals surface area contributed by atoms with Crippen LogP contribution in [0.15, 0.2) is 46.9 Å². The fourth-order valence-electron chi connectivity index (χ4n) is 1.75. The average molecular weight is 289 g/mol. The lowest BCUT2D eigenvalue weighted by atomic mass is 9.89. The molecule has 0 atom stereocenters. The van der Waals surface area contributed by atoms with Crippen LogP contribution < -0.4 is 5.23 Å². The lowest BCUT2D eigenvalue weighted by Gasteiger charge is -2.06. The Morgan fingerprint density at radius 2 is 2.10 bits per heavy atom. The Kier molecular flexibility index (Phi) is 5.59. The normalized spacial score (nSPS) is 11.2. The van der Waals surface area contributed by atoms with E-state index in [4.69, 9.17) is 5.02 Å². The zero-order valence-electron chi connectivity index (χ0n) is 11.8. The van der Waals surface area contributed by atoms with E-state index < -0.39 is 7.05 Å². The first-order valence-corrected chi connectivity index (χ1v) is 6.75. The van der Waals surface area contributed by atoms with E-state index in [0.717, 1.165) is 13.0 Å². The molecule has 8 heteroatoms. The minimum absolute atomic E-state index is 0.305. The Morgan fingerprint density at radius 1 is 1.33 bits per heavy atom. The molecule has 0 unspecified atom stereocenters. The predicted molar refractivity (Wildman–Crippen MR) is 79.3 cm³/mol. The Balaban J connectivity index is 1.92. The number of aryl methyl sites for hydroxylation is 1. The van der Waals surface area contributed by atoms with Gasteiger partial charge in [-0.3, -0.25) is 0 Å². The topological polar surface area (TPSA) is 74.8 Å². The first-order valence-electron chi connectivity index (χ1n) is 6.75. The van der Waals surface area contributed by atoms with Gasteiger partial charge in [-0.05, 0) is 44.1 Å². The Morgan fingerprint density at radius 3 is 2.81 bits per heavy atom. The van der Waals surface area contributed by atoms with Crippen LogP contribution in [0.3, 0.4) is 0 Å². The fraction of sp³-hybridized carbons (Fsp3) is 0.308. The molecule has 0 saturated heterocycles. The van der Waals surface area contributed by atoms with Crippen molar-refractivity contribution in [3.05, 3.63) is 42.5 Å². The average Bonchev–Trinajstić information content (AvgIpc) is 2.90. The molecule has 0 aliphatic heterocycles. The minimum Gasteiger partial charge on any atom is -0.437 e. The number of hydrogen-bond donors (Lipinski definition) is 2. The number of benzene rings is 1. The van der Waals surface area contributed by atoms with Gasteiger partial charge in [0.05, 0.1) is 5.69 Å². The summed E-state index contributed by atoms with van der Waals surface area (Å²) in [5.74, 6) is 0.192. The van der Waals surface area contributed by atoms with Gasteiger partial charge >= 0.3 is 7.05 Å². The third kappa shape index (κ3) is 5.09. The Bertz CT molecular complexity index is 585. The molecule has 0 saturated carbocycles. The number of azo groups is 1. The summed E-state index contributed by atoms with van der Waals surface area (Å²) >= 11 is 0. The van der Waals surface area contributed by atoms with Crippen LogP contribution in [0.5, 0.6) is 0 Å². The highest BCUT2D eigenvalue weighted by molar-refractivity contribution is 6.45. The van der Waals surface area contributed by atoms with Crippen molar-refractivity contribution < 1.29 is 9.41 Å². The van der Waals surface area contributed by atoms with Crippen LogP contribution in [-0.2, 0) is 6.54 Å². The third-order valence-corrected chi connectivity index (χ3v) is 2.79. The predicted octanol–water partition coefficient (Wildman–Crippen LogP) is 2.53. The van der Waals surface area contributed by atoms with Crippen LogP contribution in [0.4, 0.5) is 16.0 Å². The lowest BCUT2D eigenvalue weighted by Crippen LogP contribution is -2.31. The van der Waals surface area contributed by atoms with E-state index in [2.05, 4.69) is 20.4 Å². The highest BCUT2D eigenvalue weighted by Gasteiger charge is 2.03. The molecule has 0 fully saturated rings. The van der Waals surface area contributed by atoms with Gasteiger partial charge in [0.2, 0.25) is 5.95 Å². The van der Waals surface area contributed by atoms with E-state index in [1.165, 1.54) is 12.1 Å². The van der Waals surface area contributed by atoms with Gasteiger partial charge in [-0.2, -0.15) is 0 Å². The van der Waals surface area contributed by atoms with E-state index in [1.54, 1.807) is 25.2 Å². The van der Waals surface area contributed by atoms with E-state index in [9.17, 15) is 4.39 Å². The van der Waals surface area contributed by atoms with Crippen molar-refractivity contribution in [1.82, 2.24) is 14.8 Å². The van der Waals surface area contributed by atoms with Gasteiger partial charge in [0.15, 0.2) is 0 Å². The minimum atomic E-state index is -0.509. The smallest absolute Gasteiger partial charge is 0.373 e. The maximum absolute atomic E-state index is 12.8. The van der Waals surface area contributed by atoms with Crippen LogP contribution in [0, 0.1) is 5.82 Å². The lowest BCUT2D eigenvalue weighted by molar-refractivity contribution is 0.542. The zero-order chi connectivity index (χ0) is 15.1. The van der Waals surface area contributed by atoms with Crippen LogP contribution >= 0.6 is 0 Å². The van der Waals surface area contributed by atoms with Crippen molar-refractivity contribution in [3.8, 4) is 0 Å². The molecule has 2 aromatic rings. The molecule has 0 aliphatic rings. The number of nitrogens with zero attached hydrogens (tertiary/aromatic N) is 4. The van der Waals surface area contributed by atoms with Gasteiger partial charge in [0.1, 0.15) is 5.82 Å². The third-order valence-electron chi connectivity index (χ3n) is 2.79. The van der Waals surface area contributed by atoms with Crippen LogP contribution in [0.2, 0.25) is 6.82 Å². The highest BCUT2D eigenvalue weighted by Crippen LogP contribution is 2.17. The van der Waals surface area contributed by atoms with Crippen LogP contribution in [0.1, 0.15) is 6.42 Å². The Labute approximate surface area is 122 Å². The Hall–Kier alpha value is -2.06. The summed E-state index contributed by atoms with van der Waals surface area (Å²) in [5, 5.41) is 20.1. The van der Waals surface area contributed by atoms with Gasteiger partial charge in [0, 0.05) is 18.9 Å². The van der Waals surface area contributed by atoms with Crippen molar-refractivity contribution >= 4 is 18.7 Å². The van der Waals surface area contributed by atoms with Crippen molar-refractivity contribution in [3.63, 3.8) is 0 Å². The van der Waals surface area contributed by atoms with Gasteiger partial charge in [-0.15, -0.1) is 10.2 Å². The van der Waals surface area contributed by atoms with Crippen molar-refractivity contribution in [2.75, 3.05) is 6.54 Å². The largest absolute Gasteiger partial charge is 0.437 e. The summed E-state index contributed by atoms with van der Waals surface area (Å²) in [6.45, 7) is 3.10. The monoisotopic (exact) mass is 289 g/mol. The zero-order valence-corrected chi connectivity index (χ0v) is 11.8. The number of hydrogen-bond acceptors (Lipinski definition) is 5. The number of halogens is 1. The van der Waals surface area contributed by atoms with E-state index >= 15 is 0 Å². The van der Waals surface area contributed by atoms with Gasteiger partial charge in [0.25, 0.3) is 0 Å². The molecular formula is C13H17BFN5O. The second-order valence-corrected chi connectivity index (χ2v) is 4.58. The second kappa shape index (κ2) is 7.65. The molecule has 110 valence electrons. The quantitative estimate of drug-likeness (QED) is 0.467. The molecule has 2 rings (SSSR count). The van der Waals surface area contributed by atoms with Crippen LogP contribution in [0.25, 0.3) is 0 Å². The molecule has 6 nitrogen and oxygen atoms in total. The summed E-state index contributed by atoms with van der Waals surface area (Å²) in [6.07, 6.45) is 4.31. The molecule has 1 aromatic carbocycles. The maximum atomic E-state index is 12.8. The molecule has 0 aliphatic carbocycles. The van der Waals surface area contributed by atoms with Crippen LogP contribution in [-0.4, -0.2) is 28.2 Å². The summed E-state index contributed by atoms with van der Waals surface area (Å²) in [6, 6.07) is 5.78.